The van der Waals surface area contributed by atoms with Gasteiger partial charge in [0.25, 0.3) is 5.91 Å². The summed E-state index contributed by atoms with van der Waals surface area (Å²) in [7, 11) is 1.00. The molecule has 8 heteroatoms. The number of amides is 1. The van der Waals surface area contributed by atoms with Gasteiger partial charge in [0.1, 0.15) is 11.6 Å². The summed E-state index contributed by atoms with van der Waals surface area (Å²) >= 11 is 0. The second-order valence-corrected chi connectivity index (χ2v) is 9.23. The smallest absolute Gasteiger partial charge is 0.253 e. The average molecular weight is 650 g/mol. The third-order valence-electron chi connectivity index (χ3n) is 6.84. The lowest BCUT2D eigenvalue weighted by Gasteiger charge is -2.34. The summed E-state index contributed by atoms with van der Waals surface area (Å²) in [6, 6.07) is 14.3. The third kappa shape index (κ3) is 17.8. The highest BCUT2D eigenvalue weighted by Crippen LogP contribution is 2.20. The fourth-order valence-electron chi connectivity index (χ4n) is 4.75. The Labute approximate surface area is 282 Å². The molecule has 1 amide bonds. The van der Waals surface area contributed by atoms with Crippen LogP contribution in [0.25, 0.3) is 0 Å². The van der Waals surface area contributed by atoms with Crippen LogP contribution in [0.1, 0.15) is 116 Å². The Morgan fingerprint density at radius 1 is 0.826 bits per heavy atom. The maximum Gasteiger partial charge on any atom is 0.253 e. The highest BCUT2D eigenvalue weighted by Gasteiger charge is 2.24. The molecule has 2 aliphatic heterocycles. The topological polar surface area (TPSA) is 73.3 Å². The number of hydrogen-bond acceptors (Lipinski definition) is 6. The lowest BCUT2D eigenvalue weighted by Crippen LogP contribution is -2.49. The lowest BCUT2D eigenvalue weighted by molar-refractivity contribution is 0.0624. The highest BCUT2D eigenvalue weighted by atomic mass is 19.1. The quantitative estimate of drug-likeness (QED) is 0.217. The molecule has 0 bridgehead atoms. The zero-order chi connectivity index (χ0) is 35.9. The van der Waals surface area contributed by atoms with Crippen LogP contribution < -0.4 is 4.74 Å². The monoisotopic (exact) mass is 650 g/mol. The highest BCUT2D eigenvalue weighted by molar-refractivity contribution is 5.98. The molecular weight excluding hydrogens is 581 g/mol. The van der Waals surface area contributed by atoms with Crippen molar-refractivity contribution in [3.63, 3.8) is 0 Å². The molecule has 7 nitrogen and oxygen atoms in total. The van der Waals surface area contributed by atoms with Gasteiger partial charge >= 0.3 is 0 Å². The minimum atomic E-state index is -0.548. The largest absolute Gasteiger partial charge is 0.493 e. The van der Waals surface area contributed by atoms with E-state index in [1.807, 2.05) is 104 Å². The van der Waals surface area contributed by atoms with E-state index in [-0.39, 0.29) is 23.8 Å². The van der Waals surface area contributed by atoms with Crippen LogP contribution in [0.5, 0.6) is 5.75 Å². The summed E-state index contributed by atoms with van der Waals surface area (Å²) < 4.78 is 20.3. The first-order valence-electron chi connectivity index (χ1n) is 17.7. The van der Waals surface area contributed by atoms with Crippen molar-refractivity contribution in [2.75, 3.05) is 59.5 Å². The van der Waals surface area contributed by atoms with Gasteiger partial charge in [-0.15, -0.1) is 0 Å². The van der Waals surface area contributed by atoms with Crippen molar-refractivity contribution in [1.82, 2.24) is 14.7 Å². The molecule has 2 heterocycles. The predicted octanol–water partition coefficient (Wildman–Crippen LogP) is 8.46. The number of likely N-dealkylation sites (tertiary alicyclic amines) is 1. The summed E-state index contributed by atoms with van der Waals surface area (Å²) in [6.07, 6.45) is 3.40. The molecule has 0 aliphatic carbocycles. The number of halogens is 1. The molecule has 0 aromatic heterocycles. The SMILES string of the molecule is CC.CC.CC.CC.CC.CO.C[C@@H]1CCCN1CCCOc1ccc(C(=O)CN2CCN(C(=O)c3ccccc3)CC2)c(F)c1. The molecule has 0 unspecified atom stereocenters. The first kappa shape index (κ1) is 47.6. The number of aliphatic hydroxyl groups is 1. The number of carbonyl (C=O) groups is 2. The molecule has 0 radical (unpaired) electrons. The Morgan fingerprint density at radius 3 is 1.89 bits per heavy atom. The van der Waals surface area contributed by atoms with E-state index in [0.717, 1.165) is 26.6 Å². The van der Waals surface area contributed by atoms with Crippen molar-refractivity contribution in [1.29, 1.82) is 0 Å². The number of ether oxygens (including phenoxy) is 1. The molecule has 46 heavy (non-hydrogen) atoms. The molecular formula is C38H68FN3O4. The molecule has 1 atom stereocenters. The van der Waals surface area contributed by atoms with Gasteiger partial charge in [-0.05, 0) is 57.0 Å². The van der Waals surface area contributed by atoms with Crippen molar-refractivity contribution >= 4 is 11.7 Å². The standard InChI is InChI=1S/C27H34FN3O3.5C2H6.CH4O/c1-21-7-5-12-30(21)13-6-18-34-23-10-11-24(25(28)19-23)26(32)20-29-14-16-31(17-15-29)27(33)22-8-3-2-4-9-22;6*1-2/h2-4,8-11,19,21H,5-7,12-18,20H2,1H3;5*1-2H3;2H,1H3/t21-;;;;;;/m1....../s1. The van der Waals surface area contributed by atoms with Crippen molar-refractivity contribution in [2.24, 2.45) is 0 Å². The fourth-order valence-corrected chi connectivity index (χ4v) is 4.75. The fraction of sp³-hybridized carbons (Fsp3) is 0.632. The van der Waals surface area contributed by atoms with E-state index in [4.69, 9.17) is 9.84 Å². The van der Waals surface area contributed by atoms with Gasteiger partial charge in [0, 0.05) is 57.5 Å². The average Bonchev–Trinajstić information content (AvgIpc) is 3.56. The lowest BCUT2D eigenvalue weighted by atomic mass is 10.1. The molecule has 2 saturated heterocycles. The van der Waals surface area contributed by atoms with E-state index in [1.54, 1.807) is 11.0 Å². The van der Waals surface area contributed by atoms with Gasteiger partial charge in [-0.1, -0.05) is 87.4 Å². The minimum Gasteiger partial charge on any atom is -0.493 e. The Balaban J connectivity index is -0.00000138. The van der Waals surface area contributed by atoms with E-state index in [9.17, 15) is 14.0 Å². The zero-order valence-corrected chi connectivity index (χ0v) is 31.4. The van der Waals surface area contributed by atoms with E-state index in [1.165, 1.54) is 25.0 Å². The number of carbonyl (C=O) groups excluding carboxylic acids is 2. The number of rotatable bonds is 9. The van der Waals surface area contributed by atoms with Gasteiger partial charge < -0.3 is 19.6 Å². The van der Waals surface area contributed by atoms with Crippen LogP contribution in [0.3, 0.4) is 0 Å². The van der Waals surface area contributed by atoms with Crippen molar-refractivity contribution in [3.8, 4) is 5.75 Å². The summed E-state index contributed by atoms with van der Waals surface area (Å²) in [5, 5.41) is 7.00. The second-order valence-electron chi connectivity index (χ2n) is 9.23. The molecule has 1 N–H and O–H groups in total. The maximum absolute atomic E-state index is 14.6. The minimum absolute atomic E-state index is 0.00292. The molecule has 2 aromatic rings. The Hall–Kier alpha value is -2.81. The number of piperazine rings is 1. The van der Waals surface area contributed by atoms with Crippen LogP contribution in [0.4, 0.5) is 4.39 Å². The van der Waals surface area contributed by atoms with Gasteiger partial charge in [0.2, 0.25) is 0 Å². The number of benzene rings is 2. The summed E-state index contributed by atoms with van der Waals surface area (Å²) in [5.74, 6) is -0.344. The van der Waals surface area contributed by atoms with Gasteiger partial charge in [0.05, 0.1) is 18.7 Å². The predicted molar refractivity (Wildman–Crippen MR) is 195 cm³/mol. The number of aliphatic hydroxyl groups excluding tert-OH is 1. The van der Waals surface area contributed by atoms with Crippen LogP contribution in [-0.4, -0.2) is 97.1 Å². The van der Waals surface area contributed by atoms with Crippen LogP contribution >= 0.6 is 0 Å². The zero-order valence-electron chi connectivity index (χ0n) is 31.4. The van der Waals surface area contributed by atoms with E-state index < -0.39 is 5.82 Å². The Morgan fingerprint density at radius 2 is 1.39 bits per heavy atom. The Kier molecular flexibility index (Phi) is 33.3. The number of ketones is 1. The number of hydrogen-bond donors (Lipinski definition) is 1. The van der Waals surface area contributed by atoms with Gasteiger partial charge in [0.15, 0.2) is 5.78 Å². The molecule has 2 aliphatic rings. The van der Waals surface area contributed by atoms with Gasteiger partial charge in [-0.25, -0.2) is 4.39 Å². The van der Waals surface area contributed by atoms with Crippen LogP contribution in [0.15, 0.2) is 48.5 Å². The van der Waals surface area contributed by atoms with Gasteiger partial charge in [-0.2, -0.15) is 0 Å². The van der Waals surface area contributed by atoms with Crippen molar-refractivity contribution < 1.29 is 23.8 Å². The molecule has 0 saturated carbocycles. The molecule has 2 fully saturated rings. The van der Waals surface area contributed by atoms with E-state index in [2.05, 4.69) is 11.8 Å². The first-order valence-corrected chi connectivity index (χ1v) is 17.7. The summed E-state index contributed by atoms with van der Waals surface area (Å²) in [6.45, 7) is 27.3. The molecule has 4 rings (SSSR count). The Bertz CT molecular complexity index is 983. The number of nitrogens with zero attached hydrogens (tertiary/aromatic N) is 3. The van der Waals surface area contributed by atoms with Crippen LogP contribution in [0.2, 0.25) is 0 Å². The molecule has 2 aromatic carbocycles. The van der Waals surface area contributed by atoms with Gasteiger partial charge in [-0.3, -0.25) is 14.5 Å². The molecule has 266 valence electrons. The third-order valence-corrected chi connectivity index (χ3v) is 6.84. The summed E-state index contributed by atoms with van der Waals surface area (Å²) in [5.41, 5.74) is 0.753. The normalized spacial score (nSPS) is 15.1. The summed E-state index contributed by atoms with van der Waals surface area (Å²) in [4.78, 5) is 31.5. The van der Waals surface area contributed by atoms with Crippen LogP contribution in [0, 0.1) is 5.82 Å². The van der Waals surface area contributed by atoms with E-state index >= 15 is 0 Å². The van der Waals surface area contributed by atoms with E-state index in [0.29, 0.717) is 50.1 Å². The van der Waals surface area contributed by atoms with Crippen molar-refractivity contribution in [2.45, 2.75) is 101 Å². The first-order chi connectivity index (χ1) is 22.5. The number of Topliss-reactive ketones (excluding diaryl/α,β-unsaturated/α-hetero) is 1. The maximum atomic E-state index is 14.6. The van der Waals surface area contributed by atoms with Crippen molar-refractivity contribution in [3.05, 3.63) is 65.5 Å². The second kappa shape index (κ2) is 32.1. The van der Waals surface area contributed by atoms with Crippen LogP contribution in [-0.2, 0) is 0 Å². The molecule has 0 spiro atoms.